The van der Waals surface area contributed by atoms with Crippen LogP contribution in [0.2, 0.25) is 0 Å². The zero-order chi connectivity index (χ0) is 16.3. The van der Waals surface area contributed by atoms with E-state index in [9.17, 15) is 9.59 Å². The predicted molar refractivity (Wildman–Crippen MR) is 82.4 cm³/mol. The maximum absolute atomic E-state index is 12.2. The highest BCUT2D eigenvalue weighted by molar-refractivity contribution is 7.09. The molecule has 2 aromatic heterocycles. The first-order valence-electron chi connectivity index (χ1n) is 7.07. The van der Waals surface area contributed by atoms with Gasteiger partial charge in [-0.2, -0.15) is 0 Å². The summed E-state index contributed by atoms with van der Waals surface area (Å²) in [4.78, 5) is 27.7. The molecule has 0 aliphatic rings. The molecule has 0 saturated heterocycles. The van der Waals surface area contributed by atoms with Gasteiger partial charge < -0.3 is 14.8 Å². The normalized spacial score (nSPS) is 12.1. The van der Waals surface area contributed by atoms with E-state index in [0.29, 0.717) is 12.2 Å². The molecule has 0 aromatic carbocycles. The van der Waals surface area contributed by atoms with Crippen molar-refractivity contribution in [3.63, 3.8) is 0 Å². The van der Waals surface area contributed by atoms with Gasteiger partial charge in [0.25, 0.3) is 5.91 Å². The molecule has 1 atom stereocenters. The fraction of sp³-hybridized carbons (Fsp3) is 0.400. The molecule has 0 aliphatic heterocycles. The molecule has 0 fully saturated rings. The summed E-state index contributed by atoms with van der Waals surface area (Å²) in [6, 6.07) is 0.995. The number of hydrogen-bond acceptors (Lipinski definition) is 5. The number of carboxylic acids is 1. The van der Waals surface area contributed by atoms with Crippen molar-refractivity contribution in [3.05, 3.63) is 39.2 Å². The number of furan rings is 1. The minimum atomic E-state index is -1.10. The van der Waals surface area contributed by atoms with E-state index in [-0.39, 0.29) is 17.4 Å². The van der Waals surface area contributed by atoms with E-state index in [1.165, 1.54) is 6.07 Å². The average molecular weight is 322 g/mol. The van der Waals surface area contributed by atoms with Gasteiger partial charge in [0.1, 0.15) is 11.3 Å². The number of hydrogen-bond donors (Lipinski definition) is 2. The van der Waals surface area contributed by atoms with Crippen LogP contribution in [0.1, 0.15) is 64.2 Å². The summed E-state index contributed by atoms with van der Waals surface area (Å²) in [7, 11) is 0. The van der Waals surface area contributed by atoms with Crippen LogP contribution in [0, 0.1) is 0 Å². The second-order valence-corrected chi connectivity index (χ2v) is 5.76. The van der Waals surface area contributed by atoms with Crippen LogP contribution in [0.4, 0.5) is 0 Å². The first-order chi connectivity index (χ1) is 10.5. The number of aromatic carboxylic acids is 1. The van der Waals surface area contributed by atoms with E-state index in [1.54, 1.807) is 18.3 Å². The average Bonchev–Trinajstić information content (AvgIpc) is 3.13. The van der Waals surface area contributed by atoms with Gasteiger partial charge in [-0.15, -0.1) is 11.3 Å². The van der Waals surface area contributed by atoms with Crippen LogP contribution in [-0.4, -0.2) is 22.0 Å². The van der Waals surface area contributed by atoms with Crippen molar-refractivity contribution in [1.82, 2.24) is 10.3 Å². The fourth-order valence-corrected chi connectivity index (χ4v) is 2.85. The van der Waals surface area contributed by atoms with Gasteiger partial charge in [-0.05, 0) is 13.3 Å². The van der Waals surface area contributed by atoms with Gasteiger partial charge in [-0.1, -0.05) is 13.8 Å². The molecular formula is C15H18N2O4S. The summed E-state index contributed by atoms with van der Waals surface area (Å²) in [5, 5.41) is 14.8. The van der Waals surface area contributed by atoms with Crippen molar-refractivity contribution in [1.29, 1.82) is 0 Å². The summed E-state index contributed by atoms with van der Waals surface area (Å²) in [6.45, 7) is 5.62. The molecule has 1 amide bonds. The molecule has 2 heterocycles. The van der Waals surface area contributed by atoms with Crippen molar-refractivity contribution in [2.75, 3.05) is 0 Å². The number of carbonyl (C=O) groups excluding carboxylic acids is 1. The second kappa shape index (κ2) is 6.74. The Morgan fingerprint density at radius 2 is 2.14 bits per heavy atom. The van der Waals surface area contributed by atoms with Crippen LogP contribution in [0.3, 0.4) is 0 Å². The molecule has 0 bridgehead atoms. The Morgan fingerprint density at radius 3 is 2.64 bits per heavy atom. The highest BCUT2D eigenvalue weighted by Gasteiger charge is 2.21. The van der Waals surface area contributed by atoms with Crippen LogP contribution < -0.4 is 5.32 Å². The number of nitrogens with one attached hydrogen (secondary N) is 1. The molecule has 2 N–H and O–H groups in total. The number of carbonyl (C=O) groups is 2. The van der Waals surface area contributed by atoms with E-state index < -0.39 is 11.9 Å². The van der Waals surface area contributed by atoms with Crippen LogP contribution >= 0.6 is 11.3 Å². The third-order valence-electron chi connectivity index (χ3n) is 3.25. The molecular weight excluding hydrogens is 304 g/mol. The quantitative estimate of drug-likeness (QED) is 0.852. The molecule has 6 nitrogen and oxygen atoms in total. The molecule has 1 unspecified atom stereocenters. The van der Waals surface area contributed by atoms with E-state index >= 15 is 0 Å². The van der Waals surface area contributed by atoms with Gasteiger partial charge in [-0.3, -0.25) is 4.79 Å². The Balaban J connectivity index is 2.13. The summed E-state index contributed by atoms with van der Waals surface area (Å²) in [5.41, 5.74) is 0.818. The van der Waals surface area contributed by atoms with Gasteiger partial charge >= 0.3 is 5.97 Å². The lowest BCUT2D eigenvalue weighted by atomic mass is 10.2. The summed E-state index contributed by atoms with van der Waals surface area (Å²) >= 11 is 1.55. The minimum absolute atomic E-state index is 0.00652. The lowest BCUT2D eigenvalue weighted by Gasteiger charge is -2.10. The maximum Gasteiger partial charge on any atom is 0.339 e. The Hall–Kier alpha value is -2.15. The number of aryl methyl sites for hydroxylation is 2. The first kappa shape index (κ1) is 16.2. The van der Waals surface area contributed by atoms with Gasteiger partial charge in [0.05, 0.1) is 16.7 Å². The molecule has 22 heavy (non-hydrogen) atoms. The Bertz CT molecular complexity index is 690. The molecule has 0 saturated carbocycles. The van der Waals surface area contributed by atoms with Crippen molar-refractivity contribution < 1.29 is 19.1 Å². The number of nitrogens with zero attached hydrogens (tertiary/aromatic N) is 1. The third kappa shape index (κ3) is 3.36. The smallest absolute Gasteiger partial charge is 0.339 e. The topological polar surface area (TPSA) is 92.4 Å². The van der Waals surface area contributed by atoms with Crippen molar-refractivity contribution >= 4 is 23.2 Å². The number of thiazole rings is 1. The van der Waals surface area contributed by atoms with E-state index in [0.717, 1.165) is 17.1 Å². The predicted octanol–water partition coefficient (Wildman–Crippen LogP) is 3.05. The first-order valence-corrected chi connectivity index (χ1v) is 7.95. The largest absolute Gasteiger partial charge is 0.478 e. The van der Waals surface area contributed by atoms with Gasteiger partial charge in [-0.25, -0.2) is 9.78 Å². The molecule has 118 valence electrons. The zero-order valence-corrected chi connectivity index (χ0v) is 13.5. The Labute approximate surface area is 132 Å². The van der Waals surface area contributed by atoms with Crippen LogP contribution in [0.15, 0.2) is 15.9 Å². The van der Waals surface area contributed by atoms with E-state index in [4.69, 9.17) is 9.52 Å². The number of carboxylic acid groups (broad SMARTS) is 1. The highest BCUT2D eigenvalue weighted by atomic mass is 32.1. The standard InChI is InChI=1S/C15H18N2O4S/c1-4-11-9(15(19)20)6-12(21-11)14(18)16-8(3)10-7-22-13(5-2)17-10/h6-8H,4-5H2,1-3H3,(H,16,18)(H,19,20). The van der Waals surface area contributed by atoms with E-state index in [1.807, 2.05) is 19.2 Å². The molecule has 2 rings (SSSR count). The van der Waals surface area contributed by atoms with Crippen LogP contribution in [0.25, 0.3) is 0 Å². The fourth-order valence-electron chi connectivity index (χ4n) is 2.01. The summed E-state index contributed by atoms with van der Waals surface area (Å²) < 4.78 is 5.34. The van der Waals surface area contributed by atoms with Gasteiger partial charge in [0.15, 0.2) is 5.76 Å². The molecule has 7 heteroatoms. The second-order valence-electron chi connectivity index (χ2n) is 4.82. The maximum atomic E-state index is 12.2. The van der Waals surface area contributed by atoms with Gasteiger partial charge in [0.2, 0.25) is 0 Å². The van der Waals surface area contributed by atoms with Crippen molar-refractivity contribution in [3.8, 4) is 0 Å². The number of rotatable bonds is 6. The van der Waals surface area contributed by atoms with E-state index in [2.05, 4.69) is 10.3 Å². The van der Waals surface area contributed by atoms with Gasteiger partial charge in [0, 0.05) is 17.9 Å². The minimum Gasteiger partial charge on any atom is -0.478 e. The number of amides is 1. The monoisotopic (exact) mass is 322 g/mol. The highest BCUT2D eigenvalue weighted by Crippen LogP contribution is 2.20. The Morgan fingerprint density at radius 1 is 1.41 bits per heavy atom. The number of aromatic nitrogens is 1. The summed E-state index contributed by atoms with van der Waals surface area (Å²) in [6.07, 6.45) is 1.27. The molecule has 0 radical (unpaired) electrons. The van der Waals surface area contributed by atoms with Crippen LogP contribution in [0.5, 0.6) is 0 Å². The molecule has 0 aliphatic carbocycles. The van der Waals surface area contributed by atoms with Crippen LogP contribution in [-0.2, 0) is 12.8 Å². The van der Waals surface area contributed by atoms with Crippen molar-refractivity contribution in [2.45, 2.75) is 39.7 Å². The SMILES string of the molecule is CCc1nc(C(C)NC(=O)c2cc(C(=O)O)c(CC)o2)cs1. The molecule has 2 aromatic rings. The Kier molecular flexibility index (Phi) is 4.97. The molecule has 0 spiro atoms. The lowest BCUT2D eigenvalue weighted by molar-refractivity contribution is 0.0694. The zero-order valence-electron chi connectivity index (χ0n) is 12.7. The lowest BCUT2D eigenvalue weighted by Crippen LogP contribution is -2.26. The summed E-state index contributed by atoms with van der Waals surface area (Å²) in [5.74, 6) is -1.24. The third-order valence-corrected chi connectivity index (χ3v) is 4.26. The van der Waals surface area contributed by atoms with Crippen molar-refractivity contribution in [2.24, 2.45) is 0 Å².